The van der Waals surface area contributed by atoms with Crippen LogP contribution in [0.2, 0.25) is 0 Å². The van der Waals surface area contributed by atoms with Crippen molar-refractivity contribution in [3.05, 3.63) is 42.0 Å². The third-order valence-electron chi connectivity index (χ3n) is 4.63. The van der Waals surface area contributed by atoms with Gasteiger partial charge in [-0.25, -0.2) is 8.42 Å². The van der Waals surface area contributed by atoms with Crippen LogP contribution in [0.3, 0.4) is 0 Å². The largest absolute Gasteiger partial charge is 0.460 e. The molecule has 33 heavy (non-hydrogen) atoms. The van der Waals surface area contributed by atoms with Crippen molar-refractivity contribution in [2.24, 2.45) is 17.8 Å². The first-order valence-electron chi connectivity index (χ1n) is 11.1. The number of rotatable bonds is 13. The van der Waals surface area contributed by atoms with E-state index in [1.165, 1.54) is 0 Å². The Morgan fingerprint density at radius 1 is 1.12 bits per heavy atom. The minimum absolute atomic E-state index is 0.0941. The molecule has 0 saturated heterocycles. The highest BCUT2D eigenvalue weighted by atomic mass is 35.5. The lowest BCUT2D eigenvalue weighted by atomic mass is 9.82. The van der Waals surface area contributed by atoms with Crippen molar-refractivity contribution in [1.82, 2.24) is 10.3 Å². The van der Waals surface area contributed by atoms with Crippen LogP contribution in [0.4, 0.5) is 0 Å². The van der Waals surface area contributed by atoms with E-state index in [9.17, 15) is 18.0 Å². The molecule has 0 aromatic heterocycles. The second-order valence-corrected chi connectivity index (χ2v) is 11.6. The van der Waals surface area contributed by atoms with Crippen molar-refractivity contribution >= 4 is 39.6 Å². The summed E-state index contributed by atoms with van der Waals surface area (Å²) in [5.41, 5.74) is 2.54. The van der Waals surface area contributed by atoms with Crippen LogP contribution in [0.25, 0.3) is 6.08 Å². The van der Waals surface area contributed by atoms with E-state index in [0.29, 0.717) is 6.42 Å². The van der Waals surface area contributed by atoms with E-state index in [2.05, 4.69) is 10.3 Å². The molecule has 0 radical (unpaired) electrons. The molecule has 0 aliphatic heterocycles. The van der Waals surface area contributed by atoms with Gasteiger partial charge in [0.05, 0.1) is 17.6 Å². The molecule has 7 nitrogen and oxygen atoms in total. The highest BCUT2D eigenvalue weighted by Crippen LogP contribution is 2.28. The van der Waals surface area contributed by atoms with Gasteiger partial charge in [-0.15, -0.1) is 16.4 Å². The molecule has 2 N–H and O–H groups in total. The molecule has 1 aromatic carbocycles. The molecule has 0 heterocycles. The summed E-state index contributed by atoms with van der Waals surface area (Å²) in [5, 5.41) is 0. The number of sulfonamides is 1. The van der Waals surface area contributed by atoms with Gasteiger partial charge < -0.3 is 4.74 Å². The molecule has 2 atom stereocenters. The molecule has 1 aromatic rings. The first-order chi connectivity index (χ1) is 15.3. The van der Waals surface area contributed by atoms with Gasteiger partial charge in [0.1, 0.15) is 5.60 Å². The van der Waals surface area contributed by atoms with E-state index in [0.717, 1.165) is 5.56 Å². The Balaban J connectivity index is 3.11. The predicted octanol–water partition coefficient (Wildman–Crippen LogP) is 4.29. The second-order valence-electron chi connectivity index (χ2n) is 9.38. The number of hydrogen-bond acceptors (Lipinski definition) is 5. The fraction of sp³-hybridized carbons (Fsp3) is 0.583. The van der Waals surface area contributed by atoms with Gasteiger partial charge in [-0.3, -0.25) is 15.0 Å². The fourth-order valence-corrected chi connectivity index (χ4v) is 4.37. The van der Waals surface area contributed by atoms with Crippen LogP contribution >= 0.6 is 11.6 Å². The number of halogens is 1. The maximum Gasteiger partial charge on any atom is 0.310 e. The van der Waals surface area contributed by atoms with Gasteiger partial charge in [0.25, 0.3) is 0 Å². The summed E-state index contributed by atoms with van der Waals surface area (Å²) in [4.78, 5) is 28.2. The van der Waals surface area contributed by atoms with Crippen LogP contribution < -0.4 is 10.3 Å². The van der Waals surface area contributed by atoms with Gasteiger partial charge >= 0.3 is 5.97 Å². The Labute approximate surface area is 203 Å². The van der Waals surface area contributed by atoms with Crippen molar-refractivity contribution in [3.63, 3.8) is 0 Å². The van der Waals surface area contributed by atoms with Crippen LogP contribution in [0, 0.1) is 17.8 Å². The van der Waals surface area contributed by atoms with Crippen LogP contribution in [0.5, 0.6) is 0 Å². The summed E-state index contributed by atoms with van der Waals surface area (Å²) in [5.74, 6) is -2.54. The second kappa shape index (κ2) is 13.7. The summed E-state index contributed by atoms with van der Waals surface area (Å²) >= 11 is 5.56. The number of esters is 1. The van der Waals surface area contributed by atoms with Crippen molar-refractivity contribution < 1.29 is 22.7 Å². The lowest BCUT2D eigenvalue weighted by Gasteiger charge is -2.29. The number of amides is 1. The fourth-order valence-electron chi connectivity index (χ4n) is 3.20. The van der Waals surface area contributed by atoms with Gasteiger partial charge in [-0.05, 0) is 51.5 Å². The van der Waals surface area contributed by atoms with Crippen LogP contribution in [-0.2, 0) is 24.3 Å². The Morgan fingerprint density at radius 2 is 1.76 bits per heavy atom. The number of nitrogens with one attached hydrogen (secondary N) is 2. The topological polar surface area (TPSA) is 102 Å². The van der Waals surface area contributed by atoms with Crippen molar-refractivity contribution in [2.45, 2.75) is 59.5 Å². The molecular formula is C24H37ClN2O5S. The van der Waals surface area contributed by atoms with Gasteiger partial charge in [-0.1, -0.05) is 56.3 Å². The number of carbonyl (C=O) groups is 2. The number of alkyl halides is 1. The molecule has 9 heteroatoms. The molecule has 0 aliphatic carbocycles. The molecule has 0 spiro atoms. The van der Waals surface area contributed by atoms with Crippen LogP contribution in [0.15, 0.2) is 36.4 Å². The van der Waals surface area contributed by atoms with Crippen molar-refractivity contribution in [1.29, 1.82) is 0 Å². The average Bonchev–Trinajstić information content (AvgIpc) is 2.71. The molecule has 1 rings (SSSR count). The van der Waals surface area contributed by atoms with Gasteiger partial charge in [-0.2, -0.15) is 0 Å². The SMILES string of the molecule is CC(C)C[C@@H](C(=O)NNS(=O)(=O)CCCCl)[C@H](C/C=C/c1ccccc1)C(=O)OC(C)(C)C. The van der Waals surface area contributed by atoms with E-state index in [4.69, 9.17) is 16.3 Å². The number of benzene rings is 1. The zero-order valence-electron chi connectivity index (χ0n) is 20.1. The molecule has 0 unspecified atom stereocenters. The first kappa shape index (κ1) is 29.1. The number of carbonyl (C=O) groups excluding carboxylic acids is 2. The van der Waals surface area contributed by atoms with E-state index in [-0.39, 0.29) is 30.4 Å². The third kappa shape index (κ3) is 12.2. The zero-order valence-corrected chi connectivity index (χ0v) is 21.7. The number of hydrazine groups is 1. The minimum Gasteiger partial charge on any atom is -0.460 e. The number of allylic oxidation sites excluding steroid dienone is 1. The van der Waals surface area contributed by atoms with Gasteiger partial charge in [0.2, 0.25) is 15.9 Å². The maximum absolute atomic E-state index is 13.1. The monoisotopic (exact) mass is 500 g/mol. The maximum atomic E-state index is 13.1. The lowest BCUT2D eigenvalue weighted by Crippen LogP contribution is -2.48. The predicted molar refractivity (Wildman–Crippen MR) is 133 cm³/mol. The summed E-state index contributed by atoms with van der Waals surface area (Å²) < 4.78 is 29.8. The Hall–Kier alpha value is -1.90. The standard InChI is InChI=1S/C24H37ClN2O5S/c1-18(2)17-21(22(28)26-27-33(30,31)16-10-15-25)20(23(29)32-24(3,4)5)14-9-13-19-11-7-6-8-12-19/h6-9,11-13,18,20-21,27H,10,14-17H2,1-5H3,(H,26,28)/b13-9+/t20-,21+/m0/s1. The number of hydrogen-bond donors (Lipinski definition) is 2. The quantitative estimate of drug-likeness (QED) is 0.239. The minimum atomic E-state index is -3.73. The van der Waals surface area contributed by atoms with Gasteiger partial charge in [0, 0.05) is 5.88 Å². The number of ether oxygens (including phenoxy) is 1. The smallest absolute Gasteiger partial charge is 0.310 e. The zero-order chi connectivity index (χ0) is 25.1. The Morgan fingerprint density at radius 3 is 2.30 bits per heavy atom. The Bertz CT molecular complexity index is 880. The molecule has 0 saturated carbocycles. The molecule has 1 amide bonds. The summed E-state index contributed by atoms with van der Waals surface area (Å²) in [6.45, 7) is 9.19. The highest BCUT2D eigenvalue weighted by Gasteiger charge is 2.36. The average molecular weight is 501 g/mol. The van der Waals surface area contributed by atoms with E-state index >= 15 is 0 Å². The van der Waals surface area contributed by atoms with Crippen molar-refractivity contribution in [2.75, 3.05) is 11.6 Å². The lowest BCUT2D eigenvalue weighted by molar-refractivity contribution is -0.164. The van der Waals surface area contributed by atoms with E-state index in [1.54, 1.807) is 20.8 Å². The summed E-state index contributed by atoms with van der Waals surface area (Å²) in [7, 11) is -3.73. The van der Waals surface area contributed by atoms with E-state index < -0.39 is 39.3 Å². The normalized spacial score (nSPS) is 14.3. The summed E-state index contributed by atoms with van der Waals surface area (Å²) in [6.07, 6.45) is 4.64. The van der Waals surface area contributed by atoms with Crippen molar-refractivity contribution in [3.8, 4) is 0 Å². The highest BCUT2D eigenvalue weighted by molar-refractivity contribution is 7.89. The molecular weight excluding hydrogens is 464 g/mol. The summed E-state index contributed by atoms with van der Waals surface area (Å²) in [6, 6.07) is 9.62. The Kier molecular flexibility index (Phi) is 12.1. The van der Waals surface area contributed by atoms with Crippen LogP contribution in [0.1, 0.15) is 59.4 Å². The third-order valence-corrected chi connectivity index (χ3v) is 6.14. The molecule has 0 bridgehead atoms. The molecule has 0 aliphatic rings. The van der Waals surface area contributed by atoms with E-state index in [1.807, 2.05) is 56.3 Å². The molecule has 186 valence electrons. The van der Waals surface area contributed by atoms with Crippen LogP contribution in [-0.4, -0.2) is 37.5 Å². The van der Waals surface area contributed by atoms with Gasteiger partial charge in [0.15, 0.2) is 0 Å². The first-order valence-corrected chi connectivity index (χ1v) is 13.3. The molecule has 0 fully saturated rings.